The monoisotopic (exact) mass is 496 g/mol. The van der Waals surface area contributed by atoms with Crippen molar-refractivity contribution in [3.05, 3.63) is 53.7 Å². The van der Waals surface area contributed by atoms with Crippen molar-refractivity contribution in [2.45, 2.75) is 49.3 Å². The van der Waals surface area contributed by atoms with Crippen LogP contribution in [0.15, 0.2) is 48.2 Å². The minimum atomic E-state index is -5.15. The second kappa shape index (κ2) is 9.38. The molecule has 1 heterocycles. The van der Waals surface area contributed by atoms with Gasteiger partial charge in [-0.2, -0.15) is 13.2 Å². The number of likely N-dealkylation sites (tertiary alicyclic amines) is 1. The SMILES string of the molecule is O=C(NC1=CC=C(c2ccccc2)C(Cl)(OC(F)(F)F)C1)[C@H]1CCCCN1C(=O)C(F)(F)F. The summed E-state index contributed by atoms with van der Waals surface area (Å²) in [6.07, 6.45) is -7.65. The molecule has 0 aromatic heterocycles. The van der Waals surface area contributed by atoms with Gasteiger partial charge in [0.2, 0.25) is 5.91 Å². The molecule has 1 aromatic rings. The van der Waals surface area contributed by atoms with Gasteiger partial charge in [-0.3, -0.25) is 14.3 Å². The molecule has 1 saturated heterocycles. The molecule has 1 aromatic carbocycles. The van der Waals surface area contributed by atoms with Crippen molar-refractivity contribution in [3.63, 3.8) is 0 Å². The summed E-state index contributed by atoms with van der Waals surface area (Å²) in [5, 5.41) is -0.103. The highest BCUT2D eigenvalue weighted by Crippen LogP contribution is 2.45. The number of piperidine rings is 1. The maximum Gasteiger partial charge on any atom is 0.524 e. The molecule has 0 saturated carbocycles. The van der Waals surface area contributed by atoms with Crippen molar-refractivity contribution in [1.29, 1.82) is 0 Å². The molecule has 1 aliphatic heterocycles. The van der Waals surface area contributed by atoms with Crippen LogP contribution in [0.1, 0.15) is 31.2 Å². The third-order valence-corrected chi connectivity index (χ3v) is 5.64. The molecule has 0 radical (unpaired) electrons. The number of alkyl halides is 7. The number of nitrogens with zero attached hydrogens (tertiary/aromatic N) is 1. The molecule has 1 N–H and O–H groups in total. The van der Waals surface area contributed by atoms with Crippen LogP contribution < -0.4 is 5.32 Å². The Morgan fingerprint density at radius 2 is 1.73 bits per heavy atom. The zero-order valence-electron chi connectivity index (χ0n) is 17.0. The smallest absolute Gasteiger partial charge is 0.328 e. The van der Waals surface area contributed by atoms with E-state index in [4.69, 9.17) is 11.6 Å². The highest BCUT2D eigenvalue weighted by atomic mass is 35.5. The van der Waals surface area contributed by atoms with E-state index in [1.165, 1.54) is 24.3 Å². The molecule has 180 valence electrons. The minimum Gasteiger partial charge on any atom is -0.328 e. The number of halogens is 7. The molecule has 3 rings (SSSR count). The lowest BCUT2D eigenvalue weighted by Crippen LogP contribution is -2.55. The fraction of sp³-hybridized carbons (Fsp3) is 0.429. The van der Waals surface area contributed by atoms with Gasteiger partial charge in [-0.1, -0.05) is 48.0 Å². The summed E-state index contributed by atoms with van der Waals surface area (Å²) in [5.41, 5.74) is 0.253. The Morgan fingerprint density at radius 3 is 2.33 bits per heavy atom. The largest absolute Gasteiger partial charge is 0.524 e. The molecular weight excluding hydrogens is 478 g/mol. The van der Waals surface area contributed by atoms with Gasteiger partial charge in [-0.25, -0.2) is 0 Å². The van der Waals surface area contributed by atoms with Crippen LogP contribution >= 0.6 is 11.6 Å². The Hall–Kier alpha value is -2.53. The van der Waals surface area contributed by atoms with Crippen LogP contribution in [0.5, 0.6) is 0 Å². The zero-order chi connectivity index (χ0) is 24.4. The van der Waals surface area contributed by atoms with E-state index in [2.05, 4.69) is 10.1 Å². The van der Waals surface area contributed by atoms with E-state index in [9.17, 15) is 35.9 Å². The number of benzene rings is 1. The number of nitrogens with one attached hydrogen (secondary N) is 1. The van der Waals surface area contributed by atoms with E-state index >= 15 is 0 Å². The maximum absolute atomic E-state index is 13.1. The number of hydrogen-bond acceptors (Lipinski definition) is 3. The van der Waals surface area contributed by atoms with Crippen LogP contribution in [0.4, 0.5) is 26.3 Å². The minimum absolute atomic E-state index is 0.00775. The predicted octanol–water partition coefficient (Wildman–Crippen LogP) is 4.89. The average molecular weight is 497 g/mol. The first-order valence-electron chi connectivity index (χ1n) is 9.91. The first-order chi connectivity index (χ1) is 15.3. The molecule has 33 heavy (non-hydrogen) atoms. The highest BCUT2D eigenvalue weighted by molar-refractivity contribution is 6.29. The standard InChI is InChI=1S/C21H19ClF6N2O3/c22-19(33-21(26,27)28)12-14(9-10-15(19)13-6-2-1-3-7-13)29-17(31)16-8-4-5-11-30(16)18(32)20(23,24)25/h1-3,6-7,9-10,16H,4-5,8,11-12H2,(H,29,31)/t16-,19?/m1/s1. The summed E-state index contributed by atoms with van der Waals surface area (Å²) in [6.45, 7) is -0.260. The van der Waals surface area contributed by atoms with Gasteiger partial charge < -0.3 is 10.2 Å². The number of ether oxygens (including phenoxy) is 1. The Morgan fingerprint density at radius 1 is 1.06 bits per heavy atom. The summed E-state index contributed by atoms with van der Waals surface area (Å²) >= 11 is 6.25. The fourth-order valence-electron chi connectivity index (χ4n) is 3.85. The third-order valence-electron chi connectivity index (χ3n) is 5.23. The first-order valence-corrected chi connectivity index (χ1v) is 10.3. The molecule has 0 bridgehead atoms. The van der Waals surface area contributed by atoms with Gasteiger partial charge in [0.1, 0.15) is 6.04 Å². The van der Waals surface area contributed by atoms with E-state index in [0.717, 1.165) is 0 Å². The highest BCUT2D eigenvalue weighted by Gasteiger charge is 2.49. The van der Waals surface area contributed by atoms with Crippen molar-refractivity contribution in [1.82, 2.24) is 10.2 Å². The van der Waals surface area contributed by atoms with Crippen molar-refractivity contribution < 1.29 is 40.7 Å². The maximum atomic E-state index is 13.1. The Labute approximate surface area is 190 Å². The van der Waals surface area contributed by atoms with Crippen LogP contribution in [0.3, 0.4) is 0 Å². The molecule has 2 atom stereocenters. The lowest BCUT2D eigenvalue weighted by atomic mass is 9.92. The Kier molecular flexibility index (Phi) is 7.13. The average Bonchev–Trinajstić information content (AvgIpc) is 2.71. The van der Waals surface area contributed by atoms with Crippen LogP contribution in [0, 0.1) is 0 Å². The molecular formula is C21H19ClF6N2O3. The summed E-state index contributed by atoms with van der Waals surface area (Å²) in [4.78, 5) is 24.9. The fourth-order valence-corrected chi connectivity index (χ4v) is 4.25. The van der Waals surface area contributed by atoms with Gasteiger partial charge in [0.25, 0.3) is 0 Å². The van der Waals surface area contributed by atoms with E-state index in [1.54, 1.807) is 18.2 Å². The van der Waals surface area contributed by atoms with Crippen LogP contribution in [-0.2, 0) is 14.3 Å². The molecule has 12 heteroatoms. The van der Waals surface area contributed by atoms with Crippen molar-refractivity contribution in [3.8, 4) is 0 Å². The predicted molar refractivity (Wildman–Crippen MR) is 106 cm³/mol. The van der Waals surface area contributed by atoms with Crippen molar-refractivity contribution in [2.24, 2.45) is 0 Å². The van der Waals surface area contributed by atoms with Crippen LogP contribution in [0.25, 0.3) is 5.57 Å². The molecule has 2 amide bonds. The van der Waals surface area contributed by atoms with Gasteiger partial charge >= 0.3 is 18.4 Å². The quantitative estimate of drug-likeness (QED) is 0.477. The molecule has 2 aliphatic rings. The third kappa shape index (κ3) is 6.08. The van der Waals surface area contributed by atoms with Crippen LogP contribution in [-0.4, -0.2) is 46.9 Å². The van der Waals surface area contributed by atoms with E-state index in [0.29, 0.717) is 23.3 Å². The number of amides is 2. The summed E-state index contributed by atoms with van der Waals surface area (Å²) in [6, 6.07) is 6.49. The Balaban J connectivity index is 1.85. The summed E-state index contributed by atoms with van der Waals surface area (Å²) in [5.74, 6) is -3.08. The number of allylic oxidation sites excluding steroid dienone is 2. The number of carbonyl (C=O) groups is 2. The summed E-state index contributed by atoms with van der Waals surface area (Å²) < 4.78 is 82.3. The second-order valence-corrected chi connectivity index (χ2v) is 8.20. The Bertz CT molecular complexity index is 961. The van der Waals surface area contributed by atoms with Gasteiger partial charge in [-0.15, -0.1) is 13.2 Å². The molecule has 1 unspecified atom stereocenters. The lowest BCUT2D eigenvalue weighted by Gasteiger charge is -2.37. The topological polar surface area (TPSA) is 58.6 Å². The second-order valence-electron chi connectivity index (χ2n) is 7.59. The molecule has 0 spiro atoms. The van der Waals surface area contributed by atoms with E-state index < -0.39 is 41.9 Å². The molecule has 5 nitrogen and oxygen atoms in total. The van der Waals surface area contributed by atoms with Gasteiger partial charge in [0, 0.05) is 24.2 Å². The number of rotatable bonds is 4. The number of carbonyl (C=O) groups excluding carboxylic acids is 2. The normalized spacial score (nSPS) is 24.1. The number of hydrogen-bond donors (Lipinski definition) is 1. The van der Waals surface area contributed by atoms with Crippen LogP contribution in [0.2, 0.25) is 0 Å². The van der Waals surface area contributed by atoms with Gasteiger partial charge in [0.05, 0.1) is 0 Å². The van der Waals surface area contributed by atoms with Gasteiger partial charge in [0.15, 0.2) is 5.06 Å². The molecule has 1 fully saturated rings. The van der Waals surface area contributed by atoms with Crippen molar-refractivity contribution >= 4 is 29.0 Å². The van der Waals surface area contributed by atoms with E-state index in [-0.39, 0.29) is 24.2 Å². The van der Waals surface area contributed by atoms with Gasteiger partial charge in [-0.05, 0) is 30.9 Å². The zero-order valence-corrected chi connectivity index (χ0v) is 17.7. The summed E-state index contributed by atoms with van der Waals surface area (Å²) in [7, 11) is 0. The molecule has 1 aliphatic carbocycles. The van der Waals surface area contributed by atoms with Crippen molar-refractivity contribution in [2.75, 3.05) is 6.54 Å². The lowest BCUT2D eigenvalue weighted by molar-refractivity contribution is -0.342. The van der Waals surface area contributed by atoms with E-state index in [1.807, 2.05) is 0 Å². The first kappa shape index (κ1) is 25.1.